The number of rotatable bonds is 5. The first kappa shape index (κ1) is 19.0. The summed E-state index contributed by atoms with van der Waals surface area (Å²) in [5.74, 6) is -0.462. The topological polar surface area (TPSA) is 77.6 Å². The minimum atomic E-state index is -1.07. The second-order valence-corrected chi connectivity index (χ2v) is 7.96. The molecular weight excluding hydrogens is 384 g/mol. The molecule has 3 heterocycles. The van der Waals surface area contributed by atoms with Crippen LogP contribution in [0.25, 0.3) is 0 Å². The summed E-state index contributed by atoms with van der Waals surface area (Å²) in [4.78, 5) is 21.1. The van der Waals surface area contributed by atoms with Crippen molar-refractivity contribution in [3.8, 4) is 0 Å². The van der Waals surface area contributed by atoms with Gasteiger partial charge in [0.15, 0.2) is 11.0 Å². The lowest BCUT2D eigenvalue weighted by atomic mass is 9.78. The molecule has 0 unspecified atom stereocenters. The van der Waals surface area contributed by atoms with Gasteiger partial charge in [0.05, 0.1) is 12.7 Å². The van der Waals surface area contributed by atoms with E-state index in [2.05, 4.69) is 9.98 Å². The predicted octanol–water partition coefficient (Wildman–Crippen LogP) is 2.89. The van der Waals surface area contributed by atoms with Gasteiger partial charge in [-0.15, -0.1) is 0 Å². The molecule has 0 bridgehead atoms. The summed E-state index contributed by atoms with van der Waals surface area (Å²) in [6, 6.07) is 9.62. The number of nitrogens with zero attached hydrogens (tertiary/aromatic N) is 2. The molecule has 1 aromatic heterocycles. The van der Waals surface area contributed by atoms with Crippen LogP contribution in [0.3, 0.4) is 0 Å². The highest BCUT2D eigenvalue weighted by molar-refractivity contribution is 8.13. The van der Waals surface area contributed by atoms with Gasteiger partial charge in [0, 0.05) is 29.9 Å². The van der Waals surface area contributed by atoms with Gasteiger partial charge < -0.3 is 10.5 Å². The molecule has 0 radical (unpaired) electrons. The van der Waals surface area contributed by atoms with Gasteiger partial charge in [-0.25, -0.2) is 13.8 Å². The van der Waals surface area contributed by atoms with Crippen LogP contribution in [0.1, 0.15) is 21.6 Å². The van der Waals surface area contributed by atoms with Gasteiger partial charge in [-0.3, -0.25) is 9.78 Å². The molecule has 8 heteroatoms. The van der Waals surface area contributed by atoms with Gasteiger partial charge in [0.2, 0.25) is 0 Å². The number of halogens is 2. The summed E-state index contributed by atoms with van der Waals surface area (Å²) in [5, 5.41) is 0.328. The van der Waals surface area contributed by atoms with Crippen molar-refractivity contribution in [3.63, 3.8) is 0 Å². The fourth-order valence-electron chi connectivity index (χ4n) is 3.84. The molecule has 1 fully saturated rings. The molecule has 1 saturated heterocycles. The number of amidine groups is 1. The molecule has 2 aliphatic heterocycles. The van der Waals surface area contributed by atoms with Crippen LogP contribution in [0.5, 0.6) is 0 Å². The second-order valence-electron chi connectivity index (χ2n) is 6.92. The summed E-state index contributed by atoms with van der Waals surface area (Å²) in [7, 11) is 0. The lowest BCUT2D eigenvalue weighted by Gasteiger charge is -2.35. The van der Waals surface area contributed by atoms with Crippen LogP contribution >= 0.6 is 11.8 Å². The van der Waals surface area contributed by atoms with Crippen LogP contribution in [-0.2, 0) is 16.7 Å². The normalized spacial score (nSPS) is 26.6. The third kappa shape index (κ3) is 3.31. The van der Waals surface area contributed by atoms with Crippen LogP contribution in [0.15, 0.2) is 47.6 Å². The maximum Gasteiger partial charge on any atom is 0.185 e. The molecule has 0 aliphatic carbocycles. The standard InChI is InChI=1S/C20H19F2N3O2S/c21-9-18-14-10-28-19(23)25-20(14,11-27-18)13-7-12(4-5-15(13)22)8-17(26)16-3-1-2-6-24-16/h1-7,14,18H,8-11H2,(H2,23,25)/t14-,18-,20-/m1/s1. The zero-order valence-corrected chi connectivity index (χ0v) is 15.8. The molecule has 0 amide bonds. The zero-order chi connectivity index (χ0) is 19.7. The Kier molecular flexibility index (Phi) is 5.16. The number of aliphatic imine (C=N–C) groups is 1. The van der Waals surface area contributed by atoms with E-state index in [0.717, 1.165) is 0 Å². The second kappa shape index (κ2) is 7.60. The van der Waals surface area contributed by atoms with Crippen molar-refractivity contribution in [1.82, 2.24) is 4.98 Å². The number of carbonyl (C=O) groups excluding carboxylic acids is 1. The molecule has 0 spiro atoms. The Balaban J connectivity index is 1.70. The summed E-state index contributed by atoms with van der Waals surface area (Å²) in [5.41, 5.74) is 6.13. The molecule has 3 atom stereocenters. The van der Waals surface area contributed by atoms with Crippen molar-refractivity contribution < 1.29 is 18.3 Å². The van der Waals surface area contributed by atoms with Crippen molar-refractivity contribution in [2.24, 2.45) is 16.6 Å². The lowest BCUT2D eigenvalue weighted by molar-refractivity contribution is 0.0721. The maximum absolute atomic E-state index is 14.8. The van der Waals surface area contributed by atoms with E-state index in [9.17, 15) is 13.6 Å². The van der Waals surface area contributed by atoms with Crippen molar-refractivity contribution in [2.75, 3.05) is 19.0 Å². The van der Waals surface area contributed by atoms with Gasteiger partial charge >= 0.3 is 0 Å². The molecule has 4 rings (SSSR count). The molecule has 146 valence electrons. The third-order valence-corrected chi connectivity index (χ3v) is 6.18. The Labute approximate surface area is 165 Å². The summed E-state index contributed by atoms with van der Waals surface area (Å²) >= 11 is 1.32. The van der Waals surface area contributed by atoms with Crippen molar-refractivity contribution in [2.45, 2.75) is 18.1 Å². The molecule has 1 aromatic carbocycles. The van der Waals surface area contributed by atoms with Gasteiger partial charge in [-0.2, -0.15) is 0 Å². The van der Waals surface area contributed by atoms with Crippen LogP contribution in [-0.4, -0.2) is 41.1 Å². The van der Waals surface area contributed by atoms with Crippen molar-refractivity contribution >= 4 is 22.7 Å². The number of hydrogen-bond acceptors (Lipinski definition) is 6. The van der Waals surface area contributed by atoms with E-state index in [1.807, 2.05) is 0 Å². The summed E-state index contributed by atoms with van der Waals surface area (Å²) in [6.45, 7) is -0.607. The highest BCUT2D eigenvalue weighted by Gasteiger charge is 2.54. The largest absolute Gasteiger partial charge is 0.379 e. The van der Waals surface area contributed by atoms with Gasteiger partial charge in [0.1, 0.15) is 23.7 Å². The Morgan fingerprint density at radius 2 is 2.21 bits per heavy atom. The van der Waals surface area contributed by atoms with Crippen molar-refractivity contribution in [3.05, 3.63) is 65.2 Å². The number of pyridine rings is 1. The van der Waals surface area contributed by atoms with Crippen LogP contribution in [0.4, 0.5) is 8.78 Å². The Morgan fingerprint density at radius 1 is 1.36 bits per heavy atom. The monoisotopic (exact) mass is 403 g/mol. The van der Waals surface area contributed by atoms with Gasteiger partial charge in [-0.1, -0.05) is 23.9 Å². The number of ketones is 1. The van der Waals surface area contributed by atoms with E-state index in [1.165, 1.54) is 17.8 Å². The van der Waals surface area contributed by atoms with Gasteiger partial charge in [0.25, 0.3) is 0 Å². The van der Waals surface area contributed by atoms with E-state index in [-0.39, 0.29) is 24.7 Å². The molecular formula is C20H19F2N3O2S. The minimum Gasteiger partial charge on any atom is -0.379 e. The summed E-state index contributed by atoms with van der Waals surface area (Å²) < 4.78 is 33.9. The Bertz CT molecular complexity index is 925. The first-order valence-electron chi connectivity index (χ1n) is 8.92. The zero-order valence-electron chi connectivity index (χ0n) is 15.0. The average molecular weight is 403 g/mol. The minimum absolute atomic E-state index is 0.0576. The van der Waals surface area contributed by atoms with Crippen LogP contribution in [0.2, 0.25) is 0 Å². The lowest BCUT2D eigenvalue weighted by Crippen LogP contribution is -2.42. The molecule has 28 heavy (non-hydrogen) atoms. The molecule has 2 aliphatic rings. The smallest absolute Gasteiger partial charge is 0.185 e. The number of aromatic nitrogens is 1. The molecule has 2 aromatic rings. The third-order valence-electron chi connectivity index (χ3n) is 5.26. The predicted molar refractivity (Wildman–Crippen MR) is 104 cm³/mol. The molecule has 5 nitrogen and oxygen atoms in total. The Hall–Kier alpha value is -2.32. The highest BCUT2D eigenvalue weighted by Crippen LogP contribution is 2.48. The Morgan fingerprint density at radius 3 is 2.96 bits per heavy atom. The number of nitrogens with two attached hydrogens (primary N) is 1. The first-order chi connectivity index (χ1) is 13.5. The van der Waals surface area contributed by atoms with Crippen LogP contribution < -0.4 is 5.73 Å². The number of carbonyl (C=O) groups is 1. The van der Waals surface area contributed by atoms with E-state index in [0.29, 0.717) is 27.7 Å². The number of fused-ring (bicyclic) bond motifs is 1. The molecule has 0 saturated carbocycles. The maximum atomic E-state index is 14.8. The fraction of sp³-hybridized carbons (Fsp3) is 0.350. The number of thioether (sulfide) groups is 1. The first-order valence-corrected chi connectivity index (χ1v) is 9.91. The number of Topliss-reactive ketones (excluding diaryl/α,β-unsaturated/α-hetero) is 1. The molecule has 2 N–H and O–H groups in total. The SMILES string of the molecule is NC1=N[C@@]2(c3cc(CC(=O)c4ccccn4)ccc3F)CO[C@H](CF)[C@H]2CS1. The van der Waals surface area contributed by atoms with E-state index >= 15 is 0 Å². The van der Waals surface area contributed by atoms with E-state index in [4.69, 9.17) is 10.5 Å². The number of benzene rings is 1. The van der Waals surface area contributed by atoms with E-state index < -0.39 is 24.1 Å². The van der Waals surface area contributed by atoms with Crippen molar-refractivity contribution in [1.29, 1.82) is 0 Å². The van der Waals surface area contributed by atoms with Crippen LogP contribution in [0, 0.1) is 11.7 Å². The summed E-state index contributed by atoms with van der Waals surface area (Å²) in [6.07, 6.45) is 0.978. The highest BCUT2D eigenvalue weighted by atomic mass is 32.2. The number of alkyl halides is 1. The fourth-order valence-corrected chi connectivity index (χ4v) is 4.90. The number of ether oxygens (including phenoxy) is 1. The van der Waals surface area contributed by atoms with Gasteiger partial charge in [-0.05, 0) is 29.8 Å². The average Bonchev–Trinajstić information content (AvgIpc) is 3.08. The number of hydrogen-bond donors (Lipinski definition) is 1. The van der Waals surface area contributed by atoms with E-state index in [1.54, 1.807) is 36.5 Å². The quantitative estimate of drug-likeness (QED) is 0.777.